The van der Waals surface area contributed by atoms with Crippen molar-refractivity contribution in [2.24, 2.45) is 11.3 Å². The van der Waals surface area contributed by atoms with Crippen LogP contribution >= 0.6 is 0 Å². The molecule has 1 amide bonds. The predicted octanol–water partition coefficient (Wildman–Crippen LogP) is 2.96. The van der Waals surface area contributed by atoms with Gasteiger partial charge in [0.25, 0.3) is 0 Å². The lowest BCUT2D eigenvalue weighted by atomic mass is 9.64. The Morgan fingerprint density at radius 2 is 1.93 bits per heavy atom. The average molecular weight is 394 g/mol. The summed E-state index contributed by atoms with van der Waals surface area (Å²) in [6.45, 7) is 17.4. The van der Waals surface area contributed by atoms with Crippen molar-refractivity contribution < 1.29 is 14.0 Å². The normalized spacial score (nSPS) is 22.3. The lowest BCUT2D eigenvalue weighted by molar-refractivity contribution is -0.158. The first kappa shape index (κ1) is 21.8. The van der Waals surface area contributed by atoms with Gasteiger partial charge in [-0.1, -0.05) is 27.7 Å². The summed E-state index contributed by atoms with van der Waals surface area (Å²) in [6.07, 6.45) is 1.10. The number of carbonyl (C=O) groups is 2. The van der Waals surface area contributed by atoms with E-state index in [0.29, 0.717) is 5.69 Å². The molecule has 0 unspecified atom stereocenters. The van der Waals surface area contributed by atoms with Gasteiger partial charge in [-0.25, -0.2) is 0 Å². The molecule has 2 rings (SSSR count). The molecule has 152 valence electrons. The SMILES string of the molecule is CCc1cc(C(=O)C[C@H]2NC(=O)[C@@H]2[C@@](C)(O[SiH](C)C)C(C)(C)C)nn1CC. The number of nitrogens with zero attached hydrogens (tertiary/aromatic N) is 2. The zero-order chi connectivity index (χ0) is 20.6. The summed E-state index contributed by atoms with van der Waals surface area (Å²) < 4.78 is 8.27. The molecule has 0 saturated carbocycles. The van der Waals surface area contributed by atoms with E-state index in [9.17, 15) is 9.59 Å². The largest absolute Gasteiger partial charge is 0.414 e. The van der Waals surface area contributed by atoms with Gasteiger partial charge in [-0.3, -0.25) is 14.3 Å². The number of β-lactam (4-membered cyclic amide) rings is 1. The molecule has 0 aliphatic carbocycles. The van der Waals surface area contributed by atoms with Crippen molar-refractivity contribution in [3.05, 3.63) is 17.5 Å². The Balaban J connectivity index is 2.22. The number of aromatic nitrogens is 2. The summed E-state index contributed by atoms with van der Waals surface area (Å²) in [5, 5.41) is 7.38. The minimum absolute atomic E-state index is 0.0202. The zero-order valence-corrected chi connectivity index (χ0v) is 19.2. The third-order valence-electron chi connectivity index (χ3n) is 5.79. The summed E-state index contributed by atoms with van der Waals surface area (Å²) in [5.41, 5.74) is 0.736. The Morgan fingerprint density at radius 1 is 1.30 bits per heavy atom. The van der Waals surface area contributed by atoms with E-state index < -0.39 is 14.6 Å². The van der Waals surface area contributed by atoms with Crippen LogP contribution in [0.4, 0.5) is 0 Å². The molecule has 1 aliphatic rings. The number of nitrogens with one attached hydrogen (secondary N) is 1. The van der Waals surface area contributed by atoms with E-state index in [1.54, 1.807) is 0 Å². The van der Waals surface area contributed by atoms with Crippen LogP contribution in [0.5, 0.6) is 0 Å². The fraction of sp³-hybridized carbons (Fsp3) is 0.750. The fourth-order valence-electron chi connectivity index (χ4n) is 3.91. The summed E-state index contributed by atoms with van der Waals surface area (Å²) >= 11 is 0. The van der Waals surface area contributed by atoms with E-state index in [1.807, 2.05) is 24.6 Å². The minimum Gasteiger partial charge on any atom is -0.414 e. The Hall–Kier alpha value is -1.47. The van der Waals surface area contributed by atoms with Gasteiger partial charge >= 0.3 is 0 Å². The zero-order valence-electron chi connectivity index (χ0n) is 18.0. The lowest BCUT2D eigenvalue weighted by Gasteiger charge is -2.54. The van der Waals surface area contributed by atoms with Gasteiger partial charge in [0.15, 0.2) is 14.8 Å². The number of hydrogen-bond acceptors (Lipinski definition) is 4. The molecule has 2 heterocycles. The smallest absolute Gasteiger partial charge is 0.228 e. The molecule has 1 N–H and O–H groups in total. The van der Waals surface area contributed by atoms with Crippen molar-refractivity contribution in [3.63, 3.8) is 0 Å². The van der Waals surface area contributed by atoms with Crippen molar-refractivity contribution in [2.75, 3.05) is 0 Å². The molecule has 3 atom stereocenters. The molecule has 27 heavy (non-hydrogen) atoms. The third kappa shape index (κ3) is 4.19. The number of amides is 1. The summed E-state index contributed by atoms with van der Waals surface area (Å²) in [5.74, 6) is -0.367. The molecule has 7 heteroatoms. The van der Waals surface area contributed by atoms with Gasteiger partial charge in [-0.2, -0.15) is 5.10 Å². The van der Waals surface area contributed by atoms with Gasteiger partial charge in [0.2, 0.25) is 5.91 Å². The van der Waals surface area contributed by atoms with Crippen LogP contribution in [-0.2, 0) is 22.2 Å². The Kier molecular flexibility index (Phi) is 6.36. The molecule has 1 aliphatic heterocycles. The summed E-state index contributed by atoms with van der Waals surface area (Å²) in [7, 11) is -1.37. The maximum absolute atomic E-state index is 12.8. The first-order chi connectivity index (χ1) is 12.4. The molecule has 0 bridgehead atoms. The summed E-state index contributed by atoms with van der Waals surface area (Å²) in [6, 6.07) is 1.67. The number of Topliss-reactive ketones (excluding diaryl/α,β-unsaturated/α-hetero) is 1. The highest BCUT2D eigenvalue weighted by atomic mass is 28.3. The topological polar surface area (TPSA) is 73.2 Å². The molecule has 1 fully saturated rings. The molecule has 1 aromatic heterocycles. The van der Waals surface area contributed by atoms with Crippen LogP contribution in [0.15, 0.2) is 6.07 Å². The molecule has 6 nitrogen and oxygen atoms in total. The average Bonchev–Trinajstić information content (AvgIpc) is 2.95. The summed E-state index contributed by atoms with van der Waals surface area (Å²) in [4.78, 5) is 25.3. The molecule has 1 aromatic rings. The van der Waals surface area contributed by atoms with Crippen molar-refractivity contribution in [3.8, 4) is 0 Å². The molecular weight excluding hydrogens is 358 g/mol. The number of ketones is 1. The molecule has 0 radical (unpaired) electrons. The van der Waals surface area contributed by atoms with Crippen molar-refractivity contribution in [1.82, 2.24) is 15.1 Å². The molecule has 0 aromatic carbocycles. The van der Waals surface area contributed by atoms with Crippen LogP contribution in [0.3, 0.4) is 0 Å². The maximum Gasteiger partial charge on any atom is 0.228 e. The monoisotopic (exact) mass is 393 g/mol. The number of aryl methyl sites for hydroxylation is 2. The third-order valence-corrected chi connectivity index (χ3v) is 6.75. The van der Waals surface area contributed by atoms with E-state index in [2.05, 4.69) is 51.2 Å². The van der Waals surface area contributed by atoms with Crippen LogP contribution in [0, 0.1) is 11.3 Å². The standard InChI is InChI=1S/C20H35N3O3Si/c1-9-13-11-14(22-23(13)10-2)16(24)12-15-17(18(25)21-15)20(6,19(3,4)5)26-27(7)8/h11,15,17,27H,9-10,12H2,1-8H3,(H,21,25)/t15-,17-,20-/m1/s1. The van der Waals surface area contributed by atoms with Crippen LogP contribution in [0.2, 0.25) is 13.1 Å². The van der Waals surface area contributed by atoms with E-state index in [1.165, 1.54) is 0 Å². The fourth-order valence-corrected chi connectivity index (χ4v) is 5.39. The van der Waals surface area contributed by atoms with Crippen LogP contribution in [0.25, 0.3) is 0 Å². The van der Waals surface area contributed by atoms with E-state index in [-0.39, 0.29) is 35.5 Å². The second kappa shape index (κ2) is 7.87. The van der Waals surface area contributed by atoms with Crippen LogP contribution in [0.1, 0.15) is 64.1 Å². The highest BCUT2D eigenvalue weighted by molar-refractivity contribution is 6.48. The van der Waals surface area contributed by atoms with E-state index in [4.69, 9.17) is 4.43 Å². The van der Waals surface area contributed by atoms with Gasteiger partial charge in [0.05, 0.1) is 17.6 Å². The van der Waals surface area contributed by atoms with Crippen LogP contribution < -0.4 is 5.32 Å². The number of carbonyl (C=O) groups excluding carboxylic acids is 2. The first-order valence-corrected chi connectivity index (χ1v) is 12.8. The Labute approximate surface area is 164 Å². The quantitative estimate of drug-likeness (QED) is 0.419. The highest BCUT2D eigenvalue weighted by Crippen LogP contribution is 2.45. The molecule has 0 spiro atoms. The van der Waals surface area contributed by atoms with Crippen molar-refractivity contribution in [1.29, 1.82) is 0 Å². The lowest BCUT2D eigenvalue weighted by Crippen LogP contribution is -2.70. The number of hydrogen-bond donors (Lipinski definition) is 1. The highest BCUT2D eigenvalue weighted by Gasteiger charge is 2.57. The van der Waals surface area contributed by atoms with E-state index in [0.717, 1.165) is 18.7 Å². The maximum atomic E-state index is 12.8. The minimum atomic E-state index is -1.37. The van der Waals surface area contributed by atoms with Crippen molar-refractivity contribution >= 4 is 20.7 Å². The van der Waals surface area contributed by atoms with Gasteiger partial charge in [0, 0.05) is 18.7 Å². The van der Waals surface area contributed by atoms with Gasteiger partial charge in [0.1, 0.15) is 5.69 Å². The van der Waals surface area contributed by atoms with Crippen molar-refractivity contribution in [2.45, 2.75) is 85.7 Å². The predicted molar refractivity (Wildman–Crippen MR) is 109 cm³/mol. The number of rotatable bonds is 8. The first-order valence-electron chi connectivity index (χ1n) is 10.0. The Bertz CT molecular complexity index is 686. The van der Waals surface area contributed by atoms with E-state index >= 15 is 0 Å². The van der Waals surface area contributed by atoms with Gasteiger partial charge < -0.3 is 9.74 Å². The van der Waals surface area contributed by atoms with Crippen LogP contribution in [-0.4, -0.2) is 42.2 Å². The second-order valence-corrected chi connectivity index (χ2v) is 11.3. The second-order valence-electron chi connectivity index (χ2n) is 8.93. The molecule has 1 saturated heterocycles. The van der Waals surface area contributed by atoms with Gasteiger partial charge in [-0.15, -0.1) is 0 Å². The Morgan fingerprint density at radius 3 is 2.33 bits per heavy atom. The molecular formula is C20H35N3O3Si. The van der Waals surface area contributed by atoms with Gasteiger partial charge in [-0.05, 0) is 44.8 Å².